The second-order valence-electron chi connectivity index (χ2n) is 4.03. The number of hydrogen-bond donors (Lipinski definition) is 3. The van der Waals surface area contributed by atoms with E-state index in [0.29, 0.717) is 12.3 Å². The van der Waals surface area contributed by atoms with Crippen LogP contribution in [0.25, 0.3) is 0 Å². The van der Waals surface area contributed by atoms with Crippen LogP contribution in [0.15, 0.2) is 0 Å². The van der Waals surface area contributed by atoms with E-state index in [1.165, 1.54) is 0 Å². The fourth-order valence-electron chi connectivity index (χ4n) is 1.90. The number of carboxylic acid groups (broad SMARTS) is 1. The molecule has 4 heteroatoms. The van der Waals surface area contributed by atoms with Crippen LogP contribution in [0.2, 0.25) is 0 Å². The molecular formula is C10H19NO3. The van der Waals surface area contributed by atoms with Gasteiger partial charge in [0.2, 0.25) is 0 Å². The fraction of sp³-hybridized carbons (Fsp3) is 0.900. The Morgan fingerprint density at radius 2 is 2.21 bits per heavy atom. The topological polar surface area (TPSA) is 69.6 Å². The van der Waals surface area contributed by atoms with Gasteiger partial charge in [-0.15, -0.1) is 0 Å². The number of carboxylic acids is 1. The van der Waals surface area contributed by atoms with Gasteiger partial charge in [-0.2, -0.15) is 0 Å². The second kappa shape index (κ2) is 5.98. The average molecular weight is 201 g/mol. The summed E-state index contributed by atoms with van der Waals surface area (Å²) in [5, 5.41) is 20.9. The molecule has 4 nitrogen and oxygen atoms in total. The summed E-state index contributed by atoms with van der Waals surface area (Å²) in [5.74, 6) is -0.155. The first-order valence-electron chi connectivity index (χ1n) is 5.29. The molecule has 0 aromatic heterocycles. The Morgan fingerprint density at radius 1 is 1.43 bits per heavy atom. The maximum atomic E-state index is 10.2. The van der Waals surface area contributed by atoms with Gasteiger partial charge in [0.15, 0.2) is 0 Å². The molecule has 0 saturated heterocycles. The first-order chi connectivity index (χ1) is 6.68. The molecule has 2 atom stereocenters. The molecular weight excluding hydrogens is 182 g/mol. The Balaban J connectivity index is 1.91. The van der Waals surface area contributed by atoms with E-state index in [4.69, 9.17) is 5.11 Å². The lowest BCUT2D eigenvalue weighted by Crippen LogP contribution is -2.23. The van der Waals surface area contributed by atoms with Crippen LogP contribution < -0.4 is 5.32 Å². The molecule has 0 aromatic rings. The summed E-state index contributed by atoms with van der Waals surface area (Å²) >= 11 is 0. The van der Waals surface area contributed by atoms with Gasteiger partial charge in [0, 0.05) is 6.42 Å². The molecule has 1 aliphatic carbocycles. The predicted octanol–water partition coefficient (Wildman–Crippen LogP) is 0.602. The minimum absolute atomic E-state index is 0.110. The molecule has 0 heterocycles. The molecule has 0 aromatic carbocycles. The van der Waals surface area contributed by atoms with Crippen LogP contribution in [0.5, 0.6) is 0 Å². The number of aliphatic carboxylic acids is 1. The Labute approximate surface area is 84.3 Å². The van der Waals surface area contributed by atoms with E-state index >= 15 is 0 Å². The highest BCUT2D eigenvalue weighted by Gasteiger charge is 2.21. The number of aliphatic hydroxyl groups is 1. The minimum Gasteiger partial charge on any atom is -0.481 e. The zero-order valence-electron chi connectivity index (χ0n) is 8.41. The highest BCUT2D eigenvalue weighted by Crippen LogP contribution is 2.24. The maximum absolute atomic E-state index is 10.2. The molecule has 1 aliphatic rings. The fourth-order valence-corrected chi connectivity index (χ4v) is 1.90. The largest absolute Gasteiger partial charge is 0.481 e. The molecule has 2 unspecified atom stereocenters. The second-order valence-corrected chi connectivity index (χ2v) is 4.03. The van der Waals surface area contributed by atoms with Gasteiger partial charge in [-0.05, 0) is 44.7 Å². The number of hydrogen-bond acceptors (Lipinski definition) is 3. The van der Waals surface area contributed by atoms with Gasteiger partial charge in [0.1, 0.15) is 0 Å². The zero-order chi connectivity index (χ0) is 10.4. The van der Waals surface area contributed by atoms with Gasteiger partial charge in [-0.3, -0.25) is 4.79 Å². The van der Waals surface area contributed by atoms with E-state index < -0.39 is 5.97 Å². The smallest absolute Gasteiger partial charge is 0.303 e. The van der Waals surface area contributed by atoms with E-state index in [-0.39, 0.29) is 12.5 Å². The molecule has 1 rings (SSSR count). The summed E-state index contributed by atoms with van der Waals surface area (Å²) in [6.07, 6.45) is 3.71. The third-order valence-electron chi connectivity index (χ3n) is 2.69. The Kier molecular flexibility index (Phi) is 4.90. The third kappa shape index (κ3) is 4.58. The third-order valence-corrected chi connectivity index (χ3v) is 2.69. The minimum atomic E-state index is -0.733. The molecule has 0 bridgehead atoms. The van der Waals surface area contributed by atoms with Crippen molar-refractivity contribution >= 4 is 5.97 Å². The first kappa shape index (κ1) is 11.5. The van der Waals surface area contributed by atoms with Crippen molar-refractivity contribution in [3.8, 4) is 0 Å². The van der Waals surface area contributed by atoms with E-state index in [0.717, 1.165) is 32.4 Å². The lowest BCUT2D eigenvalue weighted by molar-refractivity contribution is -0.137. The van der Waals surface area contributed by atoms with Crippen LogP contribution in [-0.2, 0) is 4.79 Å². The molecule has 0 aliphatic heterocycles. The van der Waals surface area contributed by atoms with Gasteiger partial charge >= 0.3 is 5.97 Å². The Hall–Kier alpha value is -0.610. The summed E-state index contributed by atoms with van der Waals surface area (Å²) in [5.41, 5.74) is 0. The summed E-state index contributed by atoms with van der Waals surface area (Å²) < 4.78 is 0. The predicted molar refractivity (Wildman–Crippen MR) is 53.1 cm³/mol. The molecule has 14 heavy (non-hydrogen) atoms. The SMILES string of the molecule is O=C(O)CCCNCC1CCC(O)C1. The Bertz CT molecular complexity index is 184. The highest BCUT2D eigenvalue weighted by molar-refractivity contribution is 5.66. The monoisotopic (exact) mass is 201 g/mol. The van der Waals surface area contributed by atoms with Crippen LogP contribution >= 0.6 is 0 Å². The van der Waals surface area contributed by atoms with Gasteiger partial charge in [0.05, 0.1) is 6.10 Å². The molecule has 0 spiro atoms. The van der Waals surface area contributed by atoms with Crippen LogP contribution in [-0.4, -0.2) is 35.4 Å². The van der Waals surface area contributed by atoms with Gasteiger partial charge in [0.25, 0.3) is 0 Å². The highest BCUT2D eigenvalue weighted by atomic mass is 16.4. The van der Waals surface area contributed by atoms with Gasteiger partial charge in [-0.1, -0.05) is 0 Å². The van der Waals surface area contributed by atoms with Crippen molar-refractivity contribution in [3.63, 3.8) is 0 Å². The Morgan fingerprint density at radius 3 is 2.79 bits per heavy atom. The molecule has 82 valence electrons. The molecule has 1 saturated carbocycles. The molecule has 3 N–H and O–H groups in total. The number of nitrogens with one attached hydrogen (secondary N) is 1. The maximum Gasteiger partial charge on any atom is 0.303 e. The van der Waals surface area contributed by atoms with Crippen molar-refractivity contribution in [2.24, 2.45) is 5.92 Å². The summed E-state index contributed by atoms with van der Waals surface area (Å²) in [6, 6.07) is 0. The summed E-state index contributed by atoms with van der Waals surface area (Å²) in [4.78, 5) is 10.2. The van der Waals surface area contributed by atoms with Crippen molar-refractivity contribution < 1.29 is 15.0 Å². The van der Waals surface area contributed by atoms with Gasteiger partial charge < -0.3 is 15.5 Å². The van der Waals surface area contributed by atoms with E-state index in [1.807, 2.05) is 0 Å². The molecule has 0 amide bonds. The lowest BCUT2D eigenvalue weighted by Gasteiger charge is -2.09. The standard InChI is InChI=1S/C10H19NO3/c12-9-4-3-8(6-9)7-11-5-1-2-10(13)14/h8-9,11-12H,1-7H2,(H,13,14). The summed E-state index contributed by atoms with van der Waals surface area (Å²) in [6.45, 7) is 1.68. The van der Waals surface area contributed by atoms with Crippen LogP contribution in [0.3, 0.4) is 0 Å². The van der Waals surface area contributed by atoms with Crippen LogP contribution in [0, 0.1) is 5.92 Å². The number of rotatable bonds is 6. The lowest BCUT2D eigenvalue weighted by atomic mass is 10.1. The van der Waals surface area contributed by atoms with E-state index in [2.05, 4.69) is 5.32 Å². The normalized spacial score (nSPS) is 26.6. The van der Waals surface area contributed by atoms with E-state index in [1.54, 1.807) is 0 Å². The van der Waals surface area contributed by atoms with Crippen LogP contribution in [0.4, 0.5) is 0 Å². The molecule has 1 fully saturated rings. The number of carbonyl (C=O) groups is 1. The first-order valence-corrected chi connectivity index (χ1v) is 5.29. The summed E-state index contributed by atoms with van der Waals surface area (Å²) in [7, 11) is 0. The van der Waals surface area contributed by atoms with Crippen molar-refractivity contribution in [3.05, 3.63) is 0 Å². The van der Waals surface area contributed by atoms with E-state index in [9.17, 15) is 9.90 Å². The van der Waals surface area contributed by atoms with Gasteiger partial charge in [-0.25, -0.2) is 0 Å². The quantitative estimate of drug-likeness (QED) is 0.550. The molecule has 0 radical (unpaired) electrons. The average Bonchev–Trinajstić information content (AvgIpc) is 2.50. The zero-order valence-corrected chi connectivity index (χ0v) is 8.41. The van der Waals surface area contributed by atoms with Crippen molar-refractivity contribution in [1.29, 1.82) is 0 Å². The van der Waals surface area contributed by atoms with Crippen LogP contribution in [0.1, 0.15) is 32.1 Å². The van der Waals surface area contributed by atoms with Crippen molar-refractivity contribution in [2.45, 2.75) is 38.2 Å². The van der Waals surface area contributed by atoms with Crippen molar-refractivity contribution in [1.82, 2.24) is 5.32 Å². The van der Waals surface area contributed by atoms with Crippen molar-refractivity contribution in [2.75, 3.05) is 13.1 Å². The number of aliphatic hydroxyl groups excluding tert-OH is 1.